The normalized spacial score (nSPS) is 24.6. The maximum atomic E-state index is 3.55. The standard InChI is InChI=1S/C13H28N2/c1-4-8-14-13(3)6-5-9-15-10-7-12(2)11-15/h12-14H,4-11H2,1-3H3. The van der Waals surface area contributed by atoms with Gasteiger partial charge in [0.25, 0.3) is 0 Å². The highest BCUT2D eigenvalue weighted by atomic mass is 15.1. The fourth-order valence-electron chi connectivity index (χ4n) is 2.34. The van der Waals surface area contributed by atoms with Gasteiger partial charge in [-0.05, 0) is 58.2 Å². The lowest BCUT2D eigenvalue weighted by molar-refractivity contribution is 0.312. The third-order valence-electron chi connectivity index (χ3n) is 3.36. The first-order chi connectivity index (χ1) is 7.22. The molecule has 0 aromatic heterocycles. The van der Waals surface area contributed by atoms with Gasteiger partial charge in [-0.25, -0.2) is 0 Å². The second-order valence-electron chi connectivity index (χ2n) is 5.19. The smallest absolute Gasteiger partial charge is 0.00391 e. The molecule has 0 bridgehead atoms. The predicted octanol–water partition coefficient (Wildman–Crippen LogP) is 2.50. The van der Waals surface area contributed by atoms with Gasteiger partial charge in [0.1, 0.15) is 0 Å². The Morgan fingerprint density at radius 1 is 1.47 bits per heavy atom. The van der Waals surface area contributed by atoms with Crippen molar-refractivity contribution in [3.05, 3.63) is 0 Å². The molecule has 0 radical (unpaired) electrons. The van der Waals surface area contributed by atoms with Crippen LogP contribution in [0.1, 0.15) is 46.5 Å². The summed E-state index contributed by atoms with van der Waals surface area (Å²) in [6.45, 7) is 12.0. The molecule has 1 aliphatic heterocycles. The van der Waals surface area contributed by atoms with Gasteiger partial charge in [0.15, 0.2) is 0 Å². The quantitative estimate of drug-likeness (QED) is 0.697. The average molecular weight is 212 g/mol. The van der Waals surface area contributed by atoms with Crippen LogP contribution in [-0.4, -0.2) is 37.1 Å². The van der Waals surface area contributed by atoms with Crippen molar-refractivity contribution in [2.24, 2.45) is 5.92 Å². The van der Waals surface area contributed by atoms with E-state index in [0.29, 0.717) is 6.04 Å². The van der Waals surface area contributed by atoms with Crippen LogP contribution in [0.15, 0.2) is 0 Å². The first kappa shape index (κ1) is 13.0. The van der Waals surface area contributed by atoms with E-state index in [1.165, 1.54) is 51.9 Å². The third-order valence-corrected chi connectivity index (χ3v) is 3.36. The molecule has 0 aromatic carbocycles. The van der Waals surface area contributed by atoms with Gasteiger partial charge in [0, 0.05) is 12.6 Å². The van der Waals surface area contributed by atoms with E-state index in [9.17, 15) is 0 Å². The Morgan fingerprint density at radius 3 is 2.87 bits per heavy atom. The Kier molecular flexibility index (Phi) is 6.26. The molecule has 0 amide bonds. The molecule has 0 aliphatic carbocycles. The monoisotopic (exact) mass is 212 g/mol. The fraction of sp³-hybridized carbons (Fsp3) is 1.00. The summed E-state index contributed by atoms with van der Waals surface area (Å²) in [5.41, 5.74) is 0. The second kappa shape index (κ2) is 7.24. The lowest BCUT2D eigenvalue weighted by atomic mass is 10.1. The summed E-state index contributed by atoms with van der Waals surface area (Å²) in [5, 5.41) is 3.55. The van der Waals surface area contributed by atoms with Crippen molar-refractivity contribution in [3.63, 3.8) is 0 Å². The molecule has 1 saturated heterocycles. The van der Waals surface area contributed by atoms with Crippen LogP contribution in [0.5, 0.6) is 0 Å². The molecular weight excluding hydrogens is 184 g/mol. The molecule has 1 heterocycles. The average Bonchev–Trinajstić information content (AvgIpc) is 2.61. The Bertz CT molecular complexity index is 159. The van der Waals surface area contributed by atoms with E-state index in [1.807, 2.05) is 0 Å². The number of nitrogens with zero attached hydrogens (tertiary/aromatic N) is 1. The van der Waals surface area contributed by atoms with Gasteiger partial charge in [0.2, 0.25) is 0 Å². The molecule has 2 nitrogen and oxygen atoms in total. The van der Waals surface area contributed by atoms with Gasteiger partial charge in [-0.1, -0.05) is 13.8 Å². The lowest BCUT2D eigenvalue weighted by Crippen LogP contribution is -2.28. The molecule has 15 heavy (non-hydrogen) atoms. The molecule has 1 fully saturated rings. The topological polar surface area (TPSA) is 15.3 Å². The van der Waals surface area contributed by atoms with Crippen LogP contribution in [0.4, 0.5) is 0 Å². The van der Waals surface area contributed by atoms with Crippen LogP contribution in [0.2, 0.25) is 0 Å². The number of rotatable bonds is 7. The van der Waals surface area contributed by atoms with Crippen LogP contribution >= 0.6 is 0 Å². The second-order valence-corrected chi connectivity index (χ2v) is 5.19. The van der Waals surface area contributed by atoms with Gasteiger partial charge >= 0.3 is 0 Å². The van der Waals surface area contributed by atoms with Crippen molar-refractivity contribution in [2.75, 3.05) is 26.2 Å². The molecule has 90 valence electrons. The molecule has 2 unspecified atom stereocenters. The Balaban J connectivity index is 1.96. The summed E-state index contributed by atoms with van der Waals surface area (Å²) in [6, 6.07) is 0.699. The van der Waals surface area contributed by atoms with Gasteiger partial charge < -0.3 is 10.2 Å². The van der Waals surface area contributed by atoms with Crippen molar-refractivity contribution < 1.29 is 0 Å². The first-order valence-electron chi connectivity index (χ1n) is 6.68. The summed E-state index contributed by atoms with van der Waals surface area (Å²) in [4.78, 5) is 2.62. The zero-order valence-electron chi connectivity index (χ0n) is 10.8. The van der Waals surface area contributed by atoms with Crippen molar-refractivity contribution >= 4 is 0 Å². The minimum atomic E-state index is 0.699. The summed E-state index contributed by atoms with van der Waals surface area (Å²) >= 11 is 0. The van der Waals surface area contributed by atoms with Gasteiger partial charge in [-0.2, -0.15) is 0 Å². The van der Waals surface area contributed by atoms with Crippen molar-refractivity contribution in [3.8, 4) is 0 Å². The van der Waals surface area contributed by atoms with Crippen LogP contribution in [0, 0.1) is 5.92 Å². The first-order valence-corrected chi connectivity index (χ1v) is 6.68. The van der Waals surface area contributed by atoms with Crippen molar-refractivity contribution in [1.29, 1.82) is 0 Å². The van der Waals surface area contributed by atoms with Crippen molar-refractivity contribution in [1.82, 2.24) is 10.2 Å². The minimum absolute atomic E-state index is 0.699. The Hall–Kier alpha value is -0.0800. The van der Waals surface area contributed by atoms with Gasteiger partial charge in [0.05, 0.1) is 0 Å². The maximum absolute atomic E-state index is 3.55. The van der Waals surface area contributed by atoms with E-state index in [2.05, 4.69) is 31.0 Å². The fourth-order valence-corrected chi connectivity index (χ4v) is 2.34. The zero-order chi connectivity index (χ0) is 11.1. The highest BCUT2D eigenvalue weighted by Gasteiger charge is 2.17. The number of nitrogens with one attached hydrogen (secondary N) is 1. The molecule has 0 saturated carbocycles. The van der Waals surface area contributed by atoms with Crippen LogP contribution in [0.3, 0.4) is 0 Å². The number of hydrogen-bond acceptors (Lipinski definition) is 2. The molecule has 1 N–H and O–H groups in total. The third kappa shape index (κ3) is 5.53. The van der Waals surface area contributed by atoms with Gasteiger partial charge in [-0.3, -0.25) is 0 Å². The molecule has 2 heteroatoms. The highest BCUT2D eigenvalue weighted by Crippen LogP contribution is 2.15. The molecule has 2 atom stereocenters. The predicted molar refractivity (Wildman–Crippen MR) is 67.2 cm³/mol. The highest BCUT2D eigenvalue weighted by molar-refractivity contribution is 4.72. The van der Waals surface area contributed by atoms with Crippen LogP contribution in [-0.2, 0) is 0 Å². The van der Waals surface area contributed by atoms with Crippen LogP contribution in [0.25, 0.3) is 0 Å². The van der Waals surface area contributed by atoms with E-state index >= 15 is 0 Å². The largest absolute Gasteiger partial charge is 0.314 e. The zero-order valence-corrected chi connectivity index (χ0v) is 10.8. The Labute approximate surface area is 95.4 Å². The molecule has 1 rings (SSSR count). The van der Waals surface area contributed by atoms with E-state index < -0.39 is 0 Å². The molecule has 0 spiro atoms. The summed E-state index contributed by atoms with van der Waals surface area (Å²) < 4.78 is 0. The number of hydrogen-bond donors (Lipinski definition) is 1. The number of likely N-dealkylation sites (tertiary alicyclic amines) is 1. The minimum Gasteiger partial charge on any atom is -0.314 e. The van der Waals surface area contributed by atoms with E-state index in [0.717, 1.165) is 5.92 Å². The lowest BCUT2D eigenvalue weighted by Gasteiger charge is -2.17. The van der Waals surface area contributed by atoms with Gasteiger partial charge in [-0.15, -0.1) is 0 Å². The molecule has 0 aromatic rings. The molecule has 1 aliphatic rings. The van der Waals surface area contributed by atoms with E-state index in [4.69, 9.17) is 0 Å². The SMILES string of the molecule is CCCNC(C)CCCN1CCC(C)C1. The van der Waals surface area contributed by atoms with Crippen LogP contribution < -0.4 is 5.32 Å². The summed E-state index contributed by atoms with van der Waals surface area (Å²) in [7, 11) is 0. The maximum Gasteiger partial charge on any atom is 0.00391 e. The van der Waals surface area contributed by atoms with Crippen molar-refractivity contribution in [2.45, 2.75) is 52.5 Å². The summed E-state index contributed by atoms with van der Waals surface area (Å²) in [6.07, 6.45) is 5.33. The van der Waals surface area contributed by atoms with E-state index in [1.54, 1.807) is 0 Å². The summed E-state index contributed by atoms with van der Waals surface area (Å²) in [5.74, 6) is 0.931. The van der Waals surface area contributed by atoms with E-state index in [-0.39, 0.29) is 0 Å². The molecular formula is C13H28N2. The Morgan fingerprint density at radius 2 is 2.27 bits per heavy atom.